The van der Waals surface area contributed by atoms with Crippen LogP contribution < -0.4 is 10.6 Å². The second-order valence-electron chi connectivity index (χ2n) is 7.17. The van der Waals surface area contributed by atoms with Gasteiger partial charge in [0.1, 0.15) is 0 Å². The van der Waals surface area contributed by atoms with Crippen LogP contribution in [0.1, 0.15) is 29.3 Å². The number of aliphatic imine (C=N–C) groups is 2. The Hall–Kier alpha value is -3.92. The first-order chi connectivity index (χ1) is 15.0. The van der Waals surface area contributed by atoms with Gasteiger partial charge in [-0.3, -0.25) is 9.59 Å². The number of rotatable bonds is 4. The molecule has 1 atom stereocenters. The van der Waals surface area contributed by atoms with Crippen molar-refractivity contribution in [3.8, 4) is 11.8 Å². The second kappa shape index (κ2) is 10.2. The maximum Gasteiger partial charge on any atom is 0.300 e. The van der Waals surface area contributed by atoms with Gasteiger partial charge in [-0.2, -0.15) is 0 Å². The number of benzene rings is 2. The number of nitrogens with zero attached hydrogens (tertiary/aromatic N) is 3. The van der Waals surface area contributed by atoms with E-state index in [1.54, 1.807) is 36.1 Å². The minimum Gasteiger partial charge on any atom is -0.350 e. The molecule has 0 unspecified atom stereocenters. The van der Waals surface area contributed by atoms with E-state index in [9.17, 15) is 9.59 Å². The Morgan fingerprint density at radius 1 is 1.16 bits per heavy atom. The molecule has 1 saturated heterocycles. The lowest BCUT2D eigenvalue weighted by Crippen LogP contribution is -2.37. The van der Waals surface area contributed by atoms with Gasteiger partial charge >= 0.3 is 0 Å². The fraction of sp³-hybridized carbons (Fsp3) is 0.250. The van der Waals surface area contributed by atoms with Gasteiger partial charge in [0.15, 0.2) is 0 Å². The molecule has 7 nitrogen and oxygen atoms in total. The highest BCUT2D eigenvalue weighted by Crippen LogP contribution is 2.19. The fourth-order valence-electron chi connectivity index (χ4n) is 3.32. The first-order valence-corrected chi connectivity index (χ1v) is 10.0. The molecule has 2 aromatic carbocycles. The number of para-hydroxylation sites is 1. The highest BCUT2D eigenvalue weighted by molar-refractivity contribution is 6.04. The summed E-state index contributed by atoms with van der Waals surface area (Å²) in [4.78, 5) is 34.7. The van der Waals surface area contributed by atoms with E-state index in [0.29, 0.717) is 30.3 Å². The van der Waals surface area contributed by atoms with Crippen molar-refractivity contribution in [3.63, 3.8) is 0 Å². The van der Waals surface area contributed by atoms with Gasteiger partial charge in [-0.25, -0.2) is 9.98 Å². The number of likely N-dealkylation sites (tertiary alicyclic amines) is 1. The Kier molecular flexibility index (Phi) is 7.17. The molecule has 0 bridgehead atoms. The van der Waals surface area contributed by atoms with Gasteiger partial charge in [0, 0.05) is 30.4 Å². The molecule has 0 saturated carbocycles. The molecule has 158 valence electrons. The molecule has 0 aromatic heterocycles. The molecule has 2 aromatic rings. The average molecular weight is 415 g/mol. The number of guanidine groups is 1. The number of carbonyl (C=O) groups excluding carboxylic acids is 2. The highest BCUT2D eigenvalue weighted by Gasteiger charge is 2.27. The molecular formula is C24H25N5O2. The molecule has 0 radical (unpaired) electrons. The summed E-state index contributed by atoms with van der Waals surface area (Å²) in [6.07, 6.45) is 0.790. The van der Waals surface area contributed by atoms with E-state index in [2.05, 4.69) is 39.2 Å². The number of carbonyl (C=O) groups is 2. The number of anilines is 1. The van der Waals surface area contributed by atoms with Crippen molar-refractivity contribution in [3.05, 3.63) is 59.7 Å². The zero-order chi connectivity index (χ0) is 22.2. The molecule has 7 heteroatoms. The quantitative estimate of drug-likeness (QED) is 0.457. The standard InChI is InChI=1S/C24H25N5O2/c1-4-7-22(30)26-19-12-10-18(11-13-19)23(31)29-15-14-20(16-29)27-24(25-3)28-21-9-6-5-8-17(21)2/h5-6,8-13,20H,3,14-16H2,1-2H3,(H,26,30)(H,27,28)/t20-/m1/s1. The van der Waals surface area contributed by atoms with Gasteiger partial charge in [0.2, 0.25) is 5.96 Å². The largest absolute Gasteiger partial charge is 0.350 e. The topological polar surface area (TPSA) is 86.2 Å². The monoisotopic (exact) mass is 415 g/mol. The molecule has 2 amide bonds. The summed E-state index contributed by atoms with van der Waals surface area (Å²) in [6.45, 7) is 8.38. The molecule has 2 N–H and O–H groups in total. The predicted molar refractivity (Wildman–Crippen MR) is 124 cm³/mol. The maximum atomic E-state index is 12.8. The predicted octanol–water partition coefficient (Wildman–Crippen LogP) is 3.15. The van der Waals surface area contributed by atoms with Crippen molar-refractivity contribution in [2.75, 3.05) is 18.4 Å². The van der Waals surface area contributed by atoms with Gasteiger partial charge in [0.05, 0.1) is 5.69 Å². The number of hydrogen-bond donors (Lipinski definition) is 2. The Bertz CT molecular complexity index is 1060. The first kappa shape index (κ1) is 21.8. The lowest BCUT2D eigenvalue weighted by molar-refractivity contribution is -0.111. The number of aryl methyl sites for hydroxylation is 1. The molecule has 0 aliphatic carbocycles. The van der Waals surface area contributed by atoms with Crippen LogP contribution in [-0.2, 0) is 4.79 Å². The zero-order valence-electron chi connectivity index (χ0n) is 17.7. The third-order valence-electron chi connectivity index (χ3n) is 4.93. The summed E-state index contributed by atoms with van der Waals surface area (Å²) in [5, 5.41) is 5.95. The molecule has 1 aliphatic rings. The number of hydrogen-bond acceptors (Lipinski definition) is 3. The van der Waals surface area contributed by atoms with E-state index in [4.69, 9.17) is 0 Å². The Morgan fingerprint density at radius 3 is 2.58 bits per heavy atom. The Labute approximate surface area is 182 Å². The van der Waals surface area contributed by atoms with Gasteiger partial charge < -0.3 is 15.5 Å². The normalized spacial score (nSPS) is 15.6. The second-order valence-corrected chi connectivity index (χ2v) is 7.17. The Balaban J connectivity index is 1.60. The summed E-state index contributed by atoms with van der Waals surface area (Å²) >= 11 is 0. The van der Waals surface area contributed by atoms with Crippen molar-refractivity contribution in [2.24, 2.45) is 9.98 Å². The molecule has 1 heterocycles. The van der Waals surface area contributed by atoms with Gasteiger partial charge in [0.25, 0.3) is 11.8 Å². The first-order valence-electron chi connectivity index (χ1n) is 10.0. The van der Waals surface area contributed by atoms with Crippen LogP contribution in [0.4, 0.5) is 11.4 Å². The highest BCUT2D eigenvalue weighted by atomic mass is 16.2. The minimum atomic E-state index is -0.381. The average Bonchev–Trinajstić information content (AvgIpc) is 3.23. The third kappa shape index (κ3) is 5.80. The molecular weight excluding hydrogens is 390 g/mol. The summed E-state index contributed by atoms with van der Waals surface area (Å²) in [5.74, 6) is 4.97. The molecule has 1 aliphatic heterocycles. The number of amides is 2. The van der Waals surface area contributed by atoms with E-state index >= 15 is 0 Å². The maximum absolute atomic E-state index is 12.8. The summed E-state index contributed by atoms with van der Waals surface area (Å²) < 4.78 is 0. The van der Waals surface area contributed by atoms with E-state index in [-0.39, 0.29) is 17.9 Å². The molecule has 1 fully saturated rings. The van der Waals surface area contributed by atoms with Crippen molar-refractivity contribution >= 4 is 35.9 Å². The molecule has 3 rings (SSSR count). The van der Waals surface area contributed by atoms with Crippen LogP contribution in [-0.4, -0.2) is 48.5 Å². The molecule has 31 heavy (non-hydrogen) atoms. The van der Waals surface area contributed by atoms with Crippen molar-refractivity contribution < 1.29 is 9.59 Å². The zero-order valence-corrected chi connectivity index (χ0v) is 17.7. The van der Waals surface area contributed by atoms with E-state index in [1.165, 1.54) is 0 Å². The van der Waals surface area contributed by atoms with E-state index in [1.807, 2.05) is 31.2 Å². The third-order valence-corrected chi connectivity index (χ3v) is 4.93. The summed E-state index contributed by atoms with van der Waals surface area (Å²) in [6, 6.07) is 14.6. The fourth-order valence-corrected chi connectivity index (χ4v) is 3.32. The van der Waals surface area contributed by atoms with Crippen molar-refractivity contribution in [1.29, 1.82) is 0 Å². The lowest BCUT2D eigenvalue weighted by atomic mass is 10.2. The van der Waals surface area contributed by atoms with Crippen molar-refractivity contribution in [1.82, 2.24) is 10.2 Å². The van der Waals surface area contributed by atoms with Crippen LogP contribution in [0.5, 0.6) is 0 Å². The van der Waals surface area contributed by atoms with Gasteiger partial charge in [-0.15, -0.1) is 0 Å². The Morgan fingerprint density at radius 2 is 1.90 bits per heavy atom. The van der Waals surface area contributed by atoms with Crippen molar-refractivity contribution in [2.45, 2.75) is 26.3 Å². The van der Waals surface area contributed by atoms with Crippen LogP contribution in [0.25, 0.3) is 0 Å². The summed E-state index contributed by atoms with van der Waals surface area (Å²) in [5.41, 5.74) is 3.05. The summed E-state index contributed by atoms with van der Waals surface area (Å²) in [7, 11) is 0. The SMILES string of the molecule is C=N/C(=N\c1ccccc1C)N[C@@H]1CCN(C(=O)c2ccc(NC(=O)C#CC)cc2)C1. The van der Waals surface area contributed by atoms with Crippen LogP contribution >= 0.6 is 0 Å². The minimum absolute atomic E-state index is 0.0448. The van der Waals surface area contributed by atoms with Gasteiger partial charge in [-0.1, -0.05) is 24.1 Å². The van der Waals surface area contributed by atoms with Gasteiger partial charge in [-0.05, 0) is 68.8 Å². The van der Waals surface area contributed by atoms with Crippen LogP contribution in [0.3, 0.4) is 0 Å². The van der Waals surface area contributed by atoms with Crippen LogP contribution in [0, 0.1) is 18.8 Å². The van der Waals surface area contributed by atoms with Crippen LogP contribution in [0.2, 0.25) is 0 Å². The molecule has 0 spiro atoms. The number of nitrogens with one attached hydrogen (secondary N) is 2. The van der Waals surface area contributed by atoms with E-state index < -0.39 is 0 Å². The van der Waals surface area contributed by atoms with E-state index in [0.717, 1.165) is 17.7 Å². The lowest BCUT2D eigenvalue weighted by Gasteiger charge is -2.18. The smallest absolute Gasteiger partial charge is 0.300 e. The van der Waals surface area contributed by atoms with Crippen LogP contribution in [0.15, 0.2) is 58.5 Å².